The molecule has 1 atom stereocenters. The van der Waals surface area contributed by atoms with Crippen molar-refractivity contribution in [3.05, 3.63) is 24.0 Å². The van der Waals surface area contributed by atoms with Crippen LogP contribution in [0.15, 0.2) is 18.5 Å². The van der Waals surface area contributed by atoms with E-state index < -0.39 is 0 Å². The molecule has 2 heterocycles. The summed E-state index contributed by atoms with van der Waals surface area (Å²) in [7, 11) is 1.78. The first-order valence-corrected chi connectivity index (χ1v) is 5.83. The Labute approximate surface area is 101 Å². The van der Waals surface area contributed by atoms with Crippen LogP contribution in [0.2, 0.25) is 0 Å². The van der Waals surface area contributed by atoms with Crippen LogP contribution in [-0.4, -0.2) is 37.2 Å². The van der Waals surface area contributed by atoms with Crippen molar-refractivity contribution in [2.75, 3.05) is 25.5 Å². The maximum atomic E-state index is 11.9. The highest BCUT2D eigenvalue weighted by Crippen LogP contribution is 2.13. The third-order valence-corrected chi connectivity index (χ3v) is 2.85. The molecular formula is C12H17N3O2. The Morgan fingerprint density at radius 3 is 3.24 bits per heavy atom. The van der Waals surface area contributed by atoms with Crippen LogP contribution in [0, 0.1) is 0 Å². The molecule has 0 spiro atoms. The van der Waals surface area contributed by atoms with Crippen molar-refractivity contribution in [1.29, 1.82) is 0 Å². The molecule has 0 aromatic carbocycles. The number of nitrogens with zero attached hydrogens (tertiary/aromatic N) is 1. The van der Waals surface area contributed by atoms with Crippen molar-refractivity contribution in [3.63, 3.8) is 0 Å². The maximum Gasteiger partial charge on any atom is 0.255 e. The smallest absolute Gasteiger partial charge is 0.255 e. The summed E-state index contributed by atoms with van der Waals surface area (Å²) in [6.45, 7) is 1.37. The van der Waals surface area contributed by atoms with Gasteiger partial charge >= 0.3 is 0 Å². The first kappa shape index (κ1) is 11.9. The number of amides is 1. The Morgan fingerprint density at radius 1 is 1.65 bits per heavy atom. The van der Waals surface area contributed by atoms with Crippen LogP contribution in [0.4, 0.5) is 5.69 Å². The molecule has 0 saturated carbocycles. The van der Waals surface area contributed by atoms with Gasteiger partial charge in [-0.2, -0.15) is 0 Å². The van der Waals surface area contributed by atoms with Gasteiger partial charge in [0, 0.05) is 38.3 Å². The summed E-state index contributed by atoms with van der Waals surface area (Å²) < 4.78 is 5.45. The molecule has 17 heavy (non-hydrogen) atoms. The highest BCUT2D eigenvalue weighted by molar-refractivity contribution is 5.99. The Morgan fingerprint density at radius 2 is 2.53 bits per heavy atom. The molecule has 1 aliphatic rings. The predicted octanol–water partition coefficient (Wildman–Crippen LogP) is 1.03. The van der Waals surface area contributed by atoms with Crippen LogP contribution in [0.3, 0.4) is 0 Å². The van der Waals surface area contributed by atoms with Crippen molar-refractivity contribution in [2.45, 2.75) is 18.9 Å². The summed E-state index contributed by atoms with van der Waals surface area (Å²) >= 11 is 0. The number of nitrogens with one attached hydrogen (secondary N) is 2. The van der Waals surface area contributed by atoms with Crippen LogP contribution in [-0.2, 0) is 4.74 Å². The molecular weight excluding hydrogens is 218 g/mol. The van der Waals surface area contributed by atoms with E-state index in [0.717, 1.165) is 25.1 Å². The third kappa shape index (κ3) is 2.94. The zero-order valence-corrected chi connectivity index (χ0v) is 9.90. The fourth-order valence-electron chi connectivity index (χ4n) is 1.90. The summed E-state index contributed by atoms with van der Waals surface area (Å²) in [5.41, 5.74) is 1.35. The van der Waals surface area contributed by atoms with Crippen molar-refractivity contribution in [1.82, 2.24) is 10.3 Å². The van der Waals surface area contributed by atoms with E-state index in [1.54, 1.807) is 25.5 Å². The number of aromatic nitrogens is 1. The number of anilines is 1. The van der Waals surface area contributed by atoms with E-state index in [1.807, 2.05) is 0 Å². The van der Waals surface area contributed by atoms with Crippen molar-refractivity contribution >= 4 is 11.6 Å². The number of carbonyl (C=O) groups excluding carboxylic acids is 1. The van der Waals surface area contributed by atoms with Gasteiger partial charge in [0.2, 0.25) is 0 Å². The molecule has 1 saturated heterocycles. The zero-order valence-electron chi connectivity index (χ0n) is 9.90. The van der Waals surface area contributed by atoms with E-state index in [-0.39, 0.29) is 12.0 Å². The molecule has 92 valence electrons. The number of rotatable bonds is 4. The molecule has 5 nitrogen and oxygen atoms in total. The van der Waals surface area contributed by atoms with Crippen molar-refractivity contribution in [2.24, 2.45) is 0 Å². The minimum atomic E-state index is -0.113. The fourth-order valence-corrected chi connectivity index (χ4v) is 1.90. The van der Waals surface area contributed by atoms with Crippen LogP contribution in [0.1, 0.15) is 23.2 Å². The number of carbonyl (C=O) groups is 1. The molecule has 0 radical (unpaired) electrons. The lowest BCUT2D eigenvalue weighted by molar-refractivity contribution is 0.0858. The van der Waals surface area contributed by atoms with Crippen LogP contribution >= 0.6 is 0 Å². The molecule has 2 rings (SSSR count). The summed E-state index contributed by atoms with van der Waals surface area (Å²) in [6.07, 6.45) is 5.48. The van der Waals surface area contributed by atoms with Gasteiger partial charge in [0.1, 0.15) is 0 Å². The SMILES string of the molecule is CNc1ccncc1C(=O)NCC1CCCO1. The molecule has 0 bridgehead atoms. The highest BCUT2D eigenvalue weighted by atomic mass is 16.5. The normalized spacial score (nSPS) is 19.0. The molecule has 1 aromatic rings. The maximum absolute atomic E-state index is 11.9. The Kier molecular flexibility index (Phi) is 3.93. The zero-order chi connectivity index (χ0) is 12.1. The lowest BCUT2D eigenvalue weighted by Crippen LogP contribution is -2.32. The Balaban J connectivity index is 1.94. The van der Waals surface area contributed by atoms with E-state index >= 15 is 0 Å². The van der Waals surface area contributed by atoms with E-state index in [0.29, 0.717) is 12.1 Å². The molecule has 2 N–H and O–H groups in total. The second kappa shape index (κ2) is 5.63. The van der Waals surface area contributed by atoms with Crippen molar-refractivity contribution < 1.29 is 9.53 Å². The standard InChI is InChI=1S/C12H17N3O2/c1-13-11-4-5-14-8-10(11)12(16)15-7-9-3-2-6-17-9/h4-5,8-9H,2-3,6-7H2,1H3,(H,13,14)(H,15,16). The lowest BCUT2D eigenvalue weighted by Gasteiger charge is -2.12. The van der Waals surface area contributed by atoms with E-state index in [4.69, 9.17) is 4.74 Å². The molecule has 1 unspecified atom stereocenters. The molecule has 5 heteroatoms. The summed E-state index contributed by atoms with van der Waals surface area (Å²) in [5, 5.41) is 5.84. The second-order valence-corrected chi connectivity index (χ2v) is 4.02. The molecule has 1 aromatic heterocycles. The molecule has 1 fully saturated rings. The van der Waals surface area contributed by atoms with E-state index in [1.165, 1.54) is 0 Å². The van der Waals surface area contributed by atoms with Gasteiger partial charge in [-0.05, 0) is 18.9 Å². The fraction of sp³-hybridized carbons (Fsp3) is 0.500. The summed E-state index contributed by atoms with van der Waals surface area (Å²) in [6, 6.07) is 1.78. The average molecular weight is 235 g/mol. The summed E-state index contributed by atoms with van der Waals surface area (Å²) in [5.74, 6) is -0.113. The van der Waals surface area contributed by atoms with Gasteiger partial charge in [-0.1, -0.05) is 0 Å². The highest BCUT2D eigenvalue weighted by Gasteiger charge is 2.17. The number of hydrogen-bond donors (Lipinski definition) is 2. The van der Waals surface area contributed by atoms with Crippen molar-refractivity contribution in [3.8, 4) is 0 Å². The Hall–Kier alpha value is -1.62. The molecule has 0 aliphatic carbocycles. The monoisotopic (exact) mass is 235 g/mol. The molecule has 1 aliphatic heterocycles. The van der Waals surface area contributed by atoms with E-state index in [2.05, 4.69) is 15.6 Å². The number of ether oxygens (including phenoxy) is 1. The summed E-state index contributed by atoms with van der Waals surface area (Å²) in [4.78, 5) is 15.9. The lowest BCUT2D eigenvalue weighted by atomic mass is 10.2. The van der Waals surface area contributed by atoms with Gasteiger partial charge in [0.15, 0.2) is 0 Å². The van der Waals surface area contributed by atoms with Gasteiger partial charge in [-0.3, -0.25) is 9.78 Å². The van der Waals surface area contributed by atoms with Gasteiger partial charge in [0.25, 0.3) is 5.91 Å². The largest absolute Gasteiger partial charge is 0.387 e. The first-order valence-electron chi connectivity index (χ1n) is 5.83. The topological polar surface area (TPSA) is 63.2 Å². The van der Waals surface area contributed by atoms with Crippen LogP contribution < -0.4 is 10.6 Å². The number of pyridine rings is 1. The van der Waals surface area contributed by atoms with E-state index in [9.17, 15) is 4.79 Å². The quantitative estimate of drug-likeness (QED) is 0.818. The van der Waals surface area contributed by atoms with Gasteiger partial charge in [-0.25, -0.2) is 0 Å². The third-order valence-electron chi connectivity index (χ3n) is 2.85. The number of hydrogen-bond acceptors (Lipinski definition) is 4. The van der Waals surface area contributed by atoms with Crippen LogP contribution in [0.5, 0.6) is 0 Å². The van der Waals surface area contributed by atoms with Gasteiger partial charge in [0.05, 0.1) is 11.7 Å². The second-order valence-electron chi connectivity index (χ2n) is 4.02. The first-order chi connectivity index (χ1) is 8.31. The average Bonchev–Trinajstić information content (AvgIpc) is 2.89. The molecule has 1 amide bonds. The Bertz CT molecular complexity index is 389. The van der Waals surface area contributed by atoms with Gasteiger partial charge < -0.3 is 15.4 Å². The van der Waals surface area contributed by atoms with Gasteiger partial charge in [-0.15, -0.1) is 0 Å². The predicted molar refractivity (Wildman–Crippen MR) is 65.1 cm³/mol. The minimum Gasteiger partial charge on any atom is -0.387 e. The minimum absolute atomic E-state index is 0.113. The van der Waals surface area contributed by atoms with Crippen LogP contribution in [0.25, 0.3) is 0 Å².